The van der Waals surface area contributed by atoms with Crippen molar-refractivity contribution in [2.24, 2.45) is 5.41 Å². The maximum absolute atomic E-state index is 5.76. The van der Waals surface area contributed by atoms with Gasteiger partial charge in [-0.2, -0.15) is 0 Å². The van der Waals surface area contributed by atoms with E-state index < -0.39 is 0 Å². The predicted octanol–water partition coefficient (Wildman–Crippen LogP) is 4.14. The average Bonchev–Trinajstić information content (AvgIpc) is 2.05. The van der Waals surface area contributed by atoms with E-state index in [9.17, 15) is 0 Å². The van der Waals surface area contributed by atoms with Crippen LogP contribution in [-0.2, 0) is 0 Å². The molecule has 0 heterocycles. The molecule has 1 fully saturated rings. The van der Waals surface area contributed by atoms with Crippen molar-refractivity contribution in [3.8, 4) is 0 Å². The lowest BCUT2D eigenvalue weighted by atomic mass is 9.75. The Morgan fingerprint density at radius 3 is 2.42 bits per heavy atom. The van der Waals surface area contributed by atoms with E-state index in [-0.39, 0.29) is 0 Å². The van der Waals surface area contributed by atoms with Crippen LogP contribution in [0.15, 0.2) is 11.6 Å². The molecule has 0 spiro atoms. The highest BCUT2D eigenvalue weighted by atomic mass is 35.5. The Kier molecular flexibility index (Phi) is 3.64. The Bertz CT molecular complexity index is 164. The van der Waals surface area contributed by atoms with E-state index in [1.165, 1.54) is 37.7 Å². The number of hydrogen-bond donors (Lipinski definition) is 0. The second-order valence-electron chi connectivity index (χ2n) is 4.34. The van der Waals surface area contributed by atoms with Crippen LogP contribution in [0.5, 0.6) is 0 Å². The van der Waals surface area contributed by atoms with Crippen LogP contribution in [0.25, 0.3) is 0 Å². The van der Waals surface area contributed by atoms with Gasteiger partial charge in [-0.15, -0.1) is 11.6 Å². The van der Waals surface area contributed by atoms with Gasteiger partial charge < -0.3 is 0 Å². The van der Waals surface area contributed by atoms with E-state index in [1.807, 2.05) is 0 Å². The quantitative estimate of drug-likeness (QED) is 0.449. The number of hydrogen-bond acceptors (Lipinski definition) is 0. The molecule has 1 saturated carbocycles. The number of alkyl halides is 1. The predicted molar refractivity (Wildman–Crippen MR) is 55.7 cm³/mol. The van der Waals surface area contributed by atoms with Gasteiger partial charge in [-0.05, 0) is 25.2 Å². The van der Waals surface area contributed by atoms with E-state index in [2.05, 4.69) is 19.9 Å². The molecule has 70 valence electrons. The van der Waals surface area contributed by atoms with Crippen LogP contribution in [0.1, 0.15) is 46.0 Å². The Morgan fingerprint density at radius 2 is 1.92 bits per heavy atom. The Balaban J connectivity index is 2.57. The molecular weight excluding hydrogens is 168 g/mol. The summed E-state index contributed by atoms with van der Waals surface area (Å²) >= 11 is 5.76. The third-order valence-electron chi connectivity index (χ3n) is 2.80. The van der Waals surface area contributed by atoms with Gasteiger partial charge in [0.15, 0.2) is 0 Å². The minimum absolute atomic E-state index is 0.456. The lowest BCUT2D eigenvalue weighted by Gasteiger charge is -2.31. The maximum Gasteiger partial charge on any atom is 0.0431 e. The summed E-state index contributed by atoms with van der Waals surface area (Å²) in [5.74, 6) is 0.690. The van der Waals surface area contributed by atoms with Crippen molar-refractivity contribution in [1.82, 2.24) is 0 Å². The van der Waals surface area contributed by atoms with E-state index in [0.29, 0.717) is 11.3 Å². The molecule has 0 aromatic carbocycles. The fourth-order valence-corrected chi connectivity index (χ4v) is 2.21. The first-order valence-electron chi connectivity index (χ1n) is 4.91. The van der Waals surface area contributed by atoms with Crippen molar-refractivity contribution in [2.75, 3.05) is 5.88 Å². The average molecular weight is 187 g/mol. The minimum atomic E-state index is 0.456. The van der Waals surface area contributed by atoms with E-state index in [0.717, 1.165) is 0 Å². The molecule has 0 radical (unpaired) electrons. The van der Waals surface area contributed by atoms with Crippen molar-refractivity contribution in [2.45, 2.75) is 46.0 Å². The van der Waals surface area contributed by atoms with Crippen LogP contribution in [0, 0.1) is 5.41 Å². The van der Waals surface area contributed by atoms with Crippen molar-refractivity contribution in [3.05, 3.63) is 11.6 Å². The first-order valence-corrected chi connectivity index (χ1v) is 5.44. The Hall–Kier alpha value is 0.0300. The van der Waals surface area contributed by atoms with Gasteiger partial charge in [-0.25, -0.2) is 0 Å². The first-order chi connectivity index (χ1) is 5.66. The zero-order valence-electron chi connectivity index (χ0n) is 8.20. The monoisotopic (exact) mass is 186 g/mol. The van der Waals surface area contributed by atoms with Gasteiger partial charge in [-0.3, -0.25) is 0 Å². The number of halogens is 1. The Labute approximate surface area is 81.0 Å². The standard InChI is InChI=1S/C11H19Cl/c1-10(9-12)8-11(2)6-4-3-5-7-11/h8H,3-7,9H2,1-2H3/b10-8+. The zero-order chi connectivity index (χ0) is 9.03. The molecule has 0 amide bonds. The normalized spacial score (nSPS) is 24.1. The summed E-state index contributed by atoms with van der Waals surface area (Å²) in [4.78, 5) is 0. The molecule has 1 rings (SSSR count). The summed E-state index contributed by atoms with van der Waals surface area (Å²) in [5.41, 5.74) is 1.79. The molecule has 0 saturated heterocycles. The van der Waals surface area contributed by atoms with Gasteiger partial charge in [0.1, 0.15) is 0 Å². The van der Waals surface area contributed by atoms with Crippen LogP contribution in [0.2, 0.25) is 0 Å². The fraction of sp³-hybridized carbons (Fsp3) is 0.818. The fourth-order valence-electron chi connectivity index (χ4n) is 2.14. The number of rotatable bonds is 2. The zero-order valence-corrected chi connectivity index (χ0v) is 8.95. The Morgan fingerprint density at radius 1 is 1.33 bits per heavy atom. The van der Waals surface area contributed by atoms with Crippen molar-refractivity contribution < 1.29 is 0 Å². The molecule has 0 nitrogen and oxygen atoms in total. The molecule has 0 bridgehead atoms. The summed E-state index contributed by atoms with van der Waals surface area (Å²) in [6.45, 7) is 4.50. The highest BCUT2D eigenvalue weighted by molar-refractivity contribution is 6.19. The van der Waals surface area contributed by atoms with Crippen LogP contribution in [0.3, 0.4) is 0 Å². The third-order valence-corrected chi connectivity index (χ3v) is 3.22. The largest absolute Gasteiger partial charge is 0.122 e. The van der Waals surface area contributed by atoms with Gasteiger partial charge in [0.05, 0.1) is 0 Å². The van der Waals surface area contributed by atoms with Crippen LogP contribution >= 0.6 is 11.6 Å². The summed E-state index contributed by atoms with van der Waals surface area (Å²) in [5, 5.41) is 0. The summed E-state index contributed by atoms with van der Waals surface area (Å²) in [6, 6.07) is 0. The van der Waals surface area contributed by atoms with Gasteiger partial charge in [-0.1, -0.05) is 37.8 Å². The molecular formula is C11H19Cl. The van der Waals surface area contributed by atoms with E-state index in [4.69, 9.17) is 11.6 Å². The topological polar surface area (TPSA) is 0 Å². The van der Waals surface area contributed by atoms with Crippen molar-refractivity contribution >= 4 is 11.6 Å². The van der Waals surface area contributed by atoms with Gasteiger partial charge in [0, 0.05) is 5.88 Å². The highest BCUT2D eigenvalue weighted by Gasteiger charge is 2.23. The van der Waals surface area contributed by atoms with Crippen LogP contribution < -0.4 is 0 Å². The first kappa shape index (κ1) is 10.1. The van der Waals surface area contributed by atoms with E-state index >= 15 is 0 Å². The second-order valence-corrected chi connectivity index (χ2v) is 4.61. The SMILES string of the molecule is C/C(=C\C1(C)CCCCC1)CCl. The maximum atomic E-state index is 5.76. The van der Waals surface area contributed by atoms with Crippen LogP contribution in [-0.4, -0.2) is 5.88 Å². The molecule has 1 heteroatoms. The lowest BCUT2D eigenvalue weighted by Crippen LogP contribution is -2.17. The molecule has 0 aromatic rings. The highest BCUT2D eigenvalue weighted by Crippen LogP contribution is 2.37. The van der Waals surface area contributed by atoms with Gasteiger partial charge in [0.25, 0.3) is 0 Å². The summed E-state index contributed by atoms with van der Waals surface area (Å²) in [7, 11) is 0. The molecule has 12 heavy (non-hydrogen) atoms. The molecule has 0 aliphatic heterocycles. The minimum Gasteiger partial charge on any atom is -0.122 e. The number of allylic oxidation sites excluding steroid dienone is 2. The van der Waals surface area contributed by atoms with Gasteiger partial charge >= 0.3 is 0 Å². The molecule has 0 unspecified atom stereocenters. The molecule has 0 N–H and O–H groups in total. The molecule has 0 aromatic heterocycles. The molecule has 1 aliphatic rings. The summed E-state index contributed by atoms with van der Waals surface area (Å²) < 4.78 is 0. The summed E-state index contributed by atoms with van der Waals surface area (Å²) in [6.07, 6.45) is 9.29. The molecule has 0 atom stereocenters. The van der Waals surface area contributed by atoms with Gasteiger partial charge in [0.2, 0.25) is 0 Å². The smallest absolute Gasteiger partial charge is 0.0431 e. The van der Waals surface area contributed by atoms with Crippen molar-refractivity contribution in [3.63, 3.8) is 0 Å². The lowest BCUT2D eigenvalue weighted by molar-refractivity contribution is 0.284. The van der Waals surface area contributed by atoms with Crippen LogP contribution in [0.4, 0.5) is 0 Å². The van der Waals surface area contributed by atoms with E-state index in [1.54, 1.807) is 0 Å². The third kappa shape index (κ3) is 2.82. The second kappa shape index (κ2) is 4.32. The van der Waals surface area contributed by atoms with Crippen molar-refractivity contribution in [1.29, 1.82) is 0 Å². The molecule has 1 aliphatic carbocycles.